The Hall–Kier alpha value is -2.04. The first-order chi connectivity index (χ1) is 11.1. The fourth-order valence-corrected chi connectivity index (χ4v) is 2.30. The molecule has 1 atom stereocenters. The number of hydrogen-bond acceptors (Lipinski definition) is 3. The van der Waals surface area contributed by atoms with Gasteiger partial charge in [0, 0.05) is 23.9 Å². The first-order valence-electron chi connectivity index (χ1n) is 8.37. The zero-order valence-electron chi connectivity index (χ0n) is 15.7. The van der Waals surface area contributed by atoms with E-state index in [9.17, 15) is 9.59 Å². The summed E-state index contributed by atoms with van der Waals surface area (Å²) in [5, 5.41) is 5.83. The third-order valence-corrected chi connectivity index (χ3v) is 3.78. The standard InChI is InChI=1S/C19H30N2O3/c1-13-9-10-16(24-6)15(12-13)14(2)21-17(22)8-7-11-20-18(23)19(3,4)5/h9-10,12,14H,7-8,11H2,1-6H3,(H,20,23)(H,21,22). The molecule has 24 heavy (non-hydrogen) atoms. The van der Waals surface area contributed by atoms with Crippen LogP contribution in [0.5, 0.6) is 5.75 Å². The summed E-state index contributed by atoms with van der Waals surface area (Å²) >= 11 is 0. The minimum Gasteiger partial charge on any atom is -0.496 e. The van der Waals surface area contributed by atoms with Crippen LogP contribution in [-0.4, -0.2) is 25.5 Å². The maximum absolute atomic E-state index is 12.1. The molecule has 1 unspecified atom stereocenters. The Kier molecular flexibility index (Phi) is 7.26. The van der Waals surface area contributed by atoms with E-state index in [0.717, 1.165) is 16.9 Å². The van der Waals surface area contributed by atoms with Crippen LogP contribution >= 0.6 is 0 Å². The third-order valence-electron chi connectivity index (χ3n) is 3.78. The number of aryl methyl sites for hydroxylation is 1. The van der Waals surface area contributed by atoms with Gasteiger partial charge < -0.3 is 15.4 Å². The monoisotopic (exact) mass is 334 g/mol. The molecule has 0 heterocycles. The van der Waals surface area contributed by atoms with Crippen molar-refractivity contribution >= 4 is 11.8 Å². The van der Waals surface area contributed by atoms with E-state index < -0.39 is 5.41 Å². The van der Waals surface area contributed by atoms with Gasteiger partial charge >= 0.3 is 0 Å². The number of nitrogens with one attached hydrogen (secondary N) is 2. The third kappa shape index (κ3) is 6.22. The lowest BCUT2D eigenvalue weighted by molar-refractivity contribution is -0.128. The molecule has 0 bridgehead atoms. The molecule has 0 saturated heterocycles. The van der Waals surface area contributed by atoms with Crippen LogP contribution in [0.2, 0.25) is 0 Å². The van der Waals surface area contributed by atoms with Gasteiger partial charge in [0.1, 0.15) is 5.75 Å². The zero-order valence-corrected chi connectivity index (χ0v) is 15.7. The first kappa shape index (κ1) is 20.0. The highest BCUT2D eigenvalue weighted by Gasteiger charge is 2.20. The quantitative estimate of drug-likeness (QED) is 0.753. The molecular formula is C19H30N2O3. The number of carbonyl (C=O) groups excluding carboxylic acids is 2. The summed E-state index contributed by atoms with van der Waals surface area (Å²) in [6, 6.07) is 5.79. The highest BCUT2D eigenvalue weighted by molar-refractivity contribution is 5.81. The molecule has 0 fully saturated rings. The van der Waals surface area contributed by atoms with E-state index in [1.165, 1.54) is 0 Å². The van der Waals surface area contributed by atoms with Crippen LogP contribution in [0, 0.1) is 12.3 Å². The number of carbonyl (C=O) groups is 2. The molecule has 0 saturated carbocycles. The Bertz CT molecular complexity index is 576. The van der Waals surface area contributed by atoms with Crippen molar-refractivity contribution in [2.45, 2.75) is 53.5 Å². The molecule has 0 aliphatic carbocycles. The lowest BCUT2D eigenvalue weighted by atomic mass is 9.96. The van der Waals surface area contributed by atoms with Crippen LogP contribution < -0.4 is 15.4 Å². The molecule has 1 aromatic rings. The van der Waals surface area contributed by atoms with Crippen molar-refractivity contribution in [1.29, 1.82) is 0 Å². The maximum atomic E-state index is 12.1. The largest absolute Gasteiger partial charge is 0.496 e. The van der Waals surface area contributed by atoms with E-state index in [1.54, 1.807) is 7.11 Å². The molecule has 5 nitrogen and oxygen atoms in total. The van der Waals surface area contributed by atoms with E-state index in [-0.39, 0.29) is 17.9 Å². The molecule has 0 aliphatic heterocycles. The number of ether oxygens (including phenoxy) is 1. The fourth-order valence-electron chi connectivity index (χ4n) is 2.30. The molecule has 0 spiro atoms. The summed E-state index contributed by atoms with van der Waals surface area (Å²) in [7, 11) is 1.63. The Balaban J connectivity index is 2.45. The van der Waals surface area contributed by atoms with Crippen LogP contribution in [0.3, 0.4) is 0 Å². The Morgan fingerprint density at radius 3 is 2.50 bits per heavy atom. The molecule has 2 N–H and O–H groups in total. The number of methoxy groups -OCH3 is 1. The van der Waals surface area contributed by atoms with Gasteiger partial charge in [0.2, 0.25) is 11.8 Å². The molecule has 0 aliphatic rings. The minimum atomic E-state index is -0.404. The van der Waals surface area contributed by atoms with Gasteiger partial charge in [0.05, 0.1) is 13.2 Å². The smallest absolute Gasteiger partial charge is 0.225 e. The van der Waals surface area contributed by atoms with Crippen LogP contribution in [0.15, 0.2) is 18.2 Å². The van der Waals surface area contributed by atoms with Gasteiger partial charge in [0.25, 0.3) is 0 Å². The molecule has 2 amide bonds. The van der Waals surface area contributed by atoms with Crippen LogP contribution in [0.1, 0.15) is 57.7 Å². The topological polar surface area (TPSA) is 67.4 Å². The normalized spacial score (nSPS) is 12.4. The van der Waals surface area contributed by atoms with Gasteiger partial charge in [0.15, 0.2) is 0 Å². The molecule has 134 valence electrons. The van der Waals surface area contributed by atoms with Gasteiger partial charge in [-0.05, 0) is 26.3 Å². The number of hydrogen-bond donors (Lipinski definition) is 2. The van der Waals surface area contributed by atoms with E-state index in [2.05, 4.69) is 10.6 Å². The fraction of sp³-hybridized carbons (Fsp3) is 0.579. The summed E-state index contributed by atoms with van der Waals surface area (Å²) in [5.74, 6) is 0.739. The van der Waals surface area contributed by atoms with Crippen LogP contribution in [-0.2, 0) is 9.59 Å². The van der Waals surface area contributed by atoms with Gasteiger partial charge in [-0.3, -0.25) is 9.59 Å². The van der Waals surface area contributed by atoms with E-state index in [0.29, 0.717) is 19.4 Å². The summed E-state index contributed by atoms with van der Waals surface area (Å²) < 4.78 is 5.36. The second kappa shape index (κ2) is 8.71. The van der Waals surface area contributed by atoms with Crippen molar-refractivity contribution in [3.8, 4) is 5.75 Å². The van der Waals surface area contributed by atoms with Gasteiger partial charge in [-0.25, -0.2) is 0 Å². The van der Waals surface area contributed by atoms with Crippen LogP contribution in [0.25, 0.3) is 0 Å². The summed E-state index contributed by atoms with van der Waals surface area (Å²) in [6.07, 6.45) is 0.994. The number of amides is 2. The van der Waals surface area contributed by atoms with Crippen molar-refractivity contribution in [1.82, 2.24) is 10.6 Å². The molecule has 1 aromatic carbocycles. The predicted molar refractivity (Wildman–Crippen MR) is 96.0 cm³/mol. The summed E-state index contributed by atoms with van der Waals surface area (Å²) in [4.78, 5) is 23.8. The van der Waals surface area contributed by atoms with Crippen molar-refractivity contribution in [2.75, 3.05) is 13.7 Å². The molecule has 5 heteroatoms. The Morgan fingerprint density at radius 2 is 1.92 bits per heavy atom. The van der Waals surface area contributed by atoms with E-state index >= 15 is 0 Å². The zero-order chi connectivity index (χ0) is 18.3. The second-order valence-electron chi connectivity index (χ2n) is 7.14. The average Bonchev–Trinajstić information content (AvgIpc) is 2.50. The molecule has 0 radical (unpaired) electrons. The first-order valence-corrected chi connectivity index (χ1v) is 8.37. The SMILES string of the molecule is COc1ccc(C)cc1C(C)NC(=O)CCCNC(=O)C(C)(C)C. The Labute approximate surface area is 145 Å². The second-order valence-corrected chi connectivity index (χ2v) is 7.14. The molecule has 0 aromatic heterocycles. The molecular weight excluding hydrogens is 304 g/mol. The van der Waals surface area contributed by atoms with Crippen LogP contribution in [0.4, 0.5) is 0 Å². The average molecular weight is 334 g/mol. The molecule has 1 rings (SSSR count). The van der Waals surface area contributed by atoms with E-state index in [1.807, 2.05) is 52.8 Å². The van der Waals surface area contributed by atoms with Crippen molar-refractivity contribution in [2.24, 2.45) is 5.41 Å². The highest BCUT2D eigenvalue weighted by atomic mass is 16.5. The Morgan fingerprint density at radius 1 is 1.25 bits per heavy atom. The highest BCUT2D eigenvalue weighted by Crippen LogP contribution is 2.26. The minimum absolute atomic E-state index is 0.000716. The number of rotatable bonds is 7. The summed E-state index contributed by atoms with van der Waals surface area (Å²) in [5.41, 5.74) is 1.68. The maximum Gasteiger partial charge on any atom is 0.225 e. The summed E-state index contributed by atoms with van der Waals surface area (Å²) in [6.45, 7) is 10.1. The van der Waals surface area contributed by atoms with Crippen molar-refractivity contribution in [3.05, 3.63) is 29.3 Å². The van der Waals surface area contributed by atoms with Crippen molar-refractivity contribution in [3.63, 3.8) is 0 Å². The van der Waals surface area contributed by atoms with E-state index in [4.69, 9.17) is 4.74 Å². The number of benzene rings is 1. The van der Waals surface area contributed by atoms with Gasteiger partial charge in [-0.1, -0.05) is 38.5 Å². The van der Waals surface area contributed by atoms with Gasteiger partial charge in [-0.2, -0.15) is 0 Å². The van der Waals surface area contributed by atoms with Gasteiger partial charge in [-0.15, -0.1) is 0 Å². The van der Waals surface area contributed by atoms with Crippen molar-refractivity contribution < 1.29 is 14.3 Å². The lowest BCUT2D eigenvalue weighted by Gasteiger charge is -2.19. The lowest BCUT2D eigenvalue weighted by Crippen LogP contribution is -2.36. The predicted octanol–water partition coefficient (Wildman–Crippen LogP) is 3.12.